The van der Waals surface area contributed by atoms with Crippen LogP contribution in [0.5, 0.6) is 5.75 Å². The Labute approximate surface area is 136 Å². The summed E-state index contributed by atoms with van der Waals surface area (Å²) in [5, 5.41) is 2.75. The molecule has 0 unspecified atom stereocenters. The fraction of sp³-hybridized carbons (Fsp3) is 0.471. The van der Waals surface area contributed by atoms with Crippen molar-refractivity contribution in [2.24, 2.45) is 0 Å². The van der Waals surface area contributed by atoms with Gasteiger partial charge in [0.05, 0.1) is 6.54 Å². The molecule has 126 valence electrons. The van der Waals surface area contributed by atoms with Crippen LogP contribution >= 0.6 is 0 Å². The van der Waals surface area contributed by atoms with Gasteiger partial charge in [-0.1, -0.05) is 0 Å². The van der Waals surface area contributed by atoms with Crippen LogP contribution < -0.4 is 10.1 Å². The number of benzene rings is 1. The molecule has 0 atom stereocenters. The fourth-order valence-corrected chi connectivity index (χ4v) is 1.94. The third kappa shape index (κ3) is 6.50. The van der Waals surface area contributed by atoms with Gasteiger partial charge in [0.25, 0.3) is 5.91 Å². The van der Waals surface area contributed by atoms with E-state index in [0.29, 0.717) is 17.9 Å². The van der Waals surface area contributed by atoms with E-state index in [1.807, 2.05) is 20.8 Å². The largest absolute Gasteiger partial charge is 0.484 e. The maximum atomic E-state index is 12.1. The number of hydrogen-bond acceptors (Lipinski definition) is 4. The van der Waals surface area contributed by atoms with Crippen LogP contribution in [0.2, 0.25) is 0 Å². The van der Waals surface area contributed by atoms with Crippen molar-refractivity contribution in [2.75, 3.05) is 19.7 Å². The van der Waals surface area contributed by atoms with Crippen molar-refractivity contribution >= 4 is 17.6 Å². The smallest absolute Gasteiger partial charge is 0.260 e. The number of ether oxygens (including phenoxy) is 1. The Morgan fingerprint density at radius 3 is 2.26 bits per heavy atom. The zero-order valence-corrected chi connectivity index (χ0v) is 14.1. The third-order valence-electron chi connectivity index (χ3n) is 3.14. The number of amides is 2. The number of carbonyl (C=O) groups excluding carboxylic acids is 3. The van der Waals surface area contributed by atoms with Gasteiger partial charge in [-0.2, -0.15) is 0 Å². The first-order valence-electron chi connectivity index (χ1n) is 7.64. The number of ketones is 1. The lowest BCUT2D eigenvalue weighted by molar-refractivity contribution is -0.137. The minimum Gasteiger partial charge on any atom is -0.484 e. The van der Waals surface area contributed by atoms with E-state index in [9.17, 15) is 14.4 Å². The van der Waals surface area contributed by atoms with Crippen molar-refractivity contribution in [1.29, 1.82) is 0 Å². The molecular weight excluding hydrogens is 296 g/mol. The molecule has 1 rings (SSSR count). The molecule has 6 nitrogen and oxygen atoms in total. The predicted molar refractivity (Wildman–Crippen MR) is 87.5 cm³/mol. The highest BCUT2D eigenvalue weighted by atomic mass is 16.5. The first-order valence-corrected chi connectivity index (χ1v) is 7.64. The molecule has 0 fully saturated rings. The summed E-state index contributed by atoms with van der Waals surface area (Å²) < 4.78 is 5.41. The van der Waals surface area contributed by atoms with Crippen LogP contribution in [0, 0.1) is 0 Å². The Hall–Kier alpha value is -2.37. The van der Waals surface area contributed by atoms with E-state index in [2.05, 4.69) is 5.32 Å². The van der Waals surface area contributed by atoms with Crippen LogP contribution in [0.3, 0.4) is 0 Å². The van der Waals surface area contributed by atoms with Crippen LogP contribution in [0.15, 0.2) is 24.3 Å². The molecule has 0 bridgehead atoms. The van der Waals surface area contributed by atoms with Crippen molar-refractivity contribution < 1.29 is 19.1 Å². The molecule has 0 aliphatic heterocycles. The van der Waals surface area contributed by atoms with E-state index in [1.54, 1.807) is 24.3 Å². The monoisotopic (exact) mass is 320 g/mol. The minimum absolute atomic E-state index is 0.0140. The molecule has 6 heteroatoms. The first-order chi connectivity index (χ1) is 10.8. The highest BCUT2D eigenvalue weighted by Gasteiger charge is 2.16. The molecule has 0 saturated heterocycles. The maximum absolute atomic E-state index is 12.1. The molecule has 0 heterocycles. The van der Waals surface area contributed by atoms with Crippen LogP contribution in [0.1, 0.15) is 38.1 Å². The number of rotatable bonds is 8. The van der Waals surface area contributed by atoms with Crippen molar-refractivity contribution in [3.8, 4) is 5.75 Å². The van der Waals surface area contributed by atoms with E-state index < -0.39 is 0 Å². The van der Waals surface area contributed by atoms with E-state index in [4.69, 9.17) is 4.74 Å². The number of likely N-dealkylation sites (N-methyl/N-ethyl adjacent to an activating group) is 1. The van der Waals surface area contributed by atoms with Crippen LogP contribution in [0.4, 0.5) is 0 Å². The number of nitrogens with zero attached hydrogens (tertiary/aromatic N) is 1. The highest BCUT2D eigenvalue weighted by Crippen LogP contribution is 2.12. The molecular formula is C17H24N2O4. The highest BCUT2D eigenvalue weighted by molar-refractivity contribution is 5.94. The van der Waals surface area contributed by atoms with Crippen molar-refractivity contribution in [3.05, 3.63) is 29.8 Å². The molecule has 0 aliphatic carbocycles. The molecule has 0 aromatic heterocycles. The van der Waals surface area contributed by atoms with Gasteiger partial charge < -0.3 is 15.0 Å². The Kier molecular flexibility index (Phi) is 7.25. The second-order valence-corrected chi connectivity index (χ2v) is 5.50. The third-order valence-corrected chi connectivity index (χ3v) is 3.14. The number of hydrogen-bond donors (Lipinski definition) is 1. The quantitative estimate of drug-likeness (QED) is 0.739. The van der Waals surface area contributed by atoms with E-state index >= 15 is 0 Å². The van der Waals surface area contributed by atoms with Gasteiger partial charge in [0, 0.05) is 18.2 Å². The van der Waals surface area contributed by atoms with Gasteiger partial charge in [-0.3, -0.25) is 14.4 Å². The standard InChI is InChI=1S/C17H24N2O4/c1-5-19(10-16(21)18-12(2)3)17(22)11-23-15-8-6-14(7-9-15)13(4)20/h6-9,12H,5,10-11H2,1-4H3,(H,18,21). The molecule has 0 saturated carbocycles. The van der Waals surface area contributed by atoms with Crippen molar-refractivity contribution in [2.45, 2.75) is 33.7 Å². The molecule has 1 aromatic rings. The molecule has 0 spiro atoms. The van der Waals surface area contributed by atoms with Gasteiger partial charge in [-0.15, -0.1) is 0 Å². The Morgan fingerprint density at radius 2 is 1.78 bits per heavy atom. The van der Waals surface area contributed by atoms with Crippen molar-refractivity contribution in [1.82, 2.24) is 10.2 Å². The van der Waals surface area contributed by atoms with Gasteiger partial charge in [-0.25, -0.2) is 0 Å². The average molecular weight is 320 g/mol. The van der Waals surface area contributed by atoms with E-state index in [1.165, 1.54) is 11.8 Å². The summed E-state index contributed by atoms with van der Waals surface area (Å²) >= 11 is 0. The number of carbonyl (C=O) groups is 3. The lowest BCUT2D eigenvalue weighted by Crippen LogP contribution is -2.44. The molecule has 2 amide bonds. The van der Waals surface area contributed by atoms with E-state index in [0.717, 1.165) is 0 Å². The van der Waals surface area contributed by atoms with E-state index in [-0.39, 0.29) is 36.8 Å². The van der Waals surface area contributed by atoms with Gasteiger partial charge in [-0.05, 0) is 52.0 Å². The molecule has 23 heavy (non-hydrogen) atoms. The predicted octanol–water partition coefficient (Wildman–Crippen LogP) is 1.64. The summed E-state index contributed by atoms with van der Waals surface area (Å²) in [4.78, 5) is 36.5. The van der Waals surface area contributed by atoms with Crippen LogP contribution in [0.25, 0.3) is 0 Å². The first kappa shape index (κ1) is 18.7. The Balaban J connectivity index is 2.52. The second kappa shape index (κ2) is 8.92. The summed E-state index contributed by atoms with van der Waals surface area (Å²) in [7, 11) is 0. The molecule has 1 aromatic carbocycles. The number of Topliss-reactive ketones (excluding diaryl/α,β-unsaturated/α-hetero) is 1. The van der Waals surface area contributed by atoms with Gasteiger partial charge in [0.15, 0.2) is 12.4 Å². The second-order valence-electron chi connectivity index (χ2n) is 5.50. The molecule has 1 N–H and O–H groups in total. The molecule has 0 radical (unpaired) electrons. The Morgan fingerprint density at radius 1 is 1.17 bits per heavy atom. The summed E-state index contributed by atoms with van der Waals surface area (Å²) in [6.45, 7) is 7.32. The lowest BCUT2D eigenvalue weighted by atomic mass is 10.1. The average Bonchev–Trinajstić information content (AvgIpc) is 2.49. The van der Waals surface area contributed by atoms with Gasteiger partial charge in [0.2, 0.25) is 5.91 Å². The topological polar surface area (TPSA) is 75.7 Å². The Bertz CT molecular complexity index is 552. The molecule has 0 aliphatic rings. The normalized spacial score (nSPS) is 10.3. The van der Waals surface area contributed by atoms with Crippen LogP contribution in [-0.2, 0) is 9.59 Å². The van der Waals surface area contributed by atoms with Gasteiger partial charge in [0.1, 0.15) is 5.75 Å². The van der Waals surface area contributed by atoms with Gasteiger partial charge >= 0.3 is 0 Å². The zero-order valence-electron chi connectivity index (χ0n) is 14.1. The SMILES string of the molecule is CCN(CC(=O)NC(C)C)C(=O)COc1ccc(C(C)=O)cc1. The zero-order chi connectivity index (χ0) is 17.4. The van der Waals surface area contributed by atoms with Crippen LogP contribution in [-0.4, -0.2) is 48.2 Å². The summed E-state index contributed by atoms with van der Waals surface area (Å²) in [5.41, 5.74) is 0.587. The summed E-state index contributed by atoms with van der Waals surface area (Å²) in [5.74, 6) is 0.0232. The minimum atomic E-state index is -0.262. The lowest BCUT2D eigenvalue weighted by Gasteiger charge is -2.21. The number of nitrogens with one attached hydrogen (secondary N) is 1. The fourth-order valence-electron chi connectivity index (χ4n) is 1.94. The summed E-state index contributed by atoms with van der Waals surface area (Å²) in [6, 6.07) is 6.62. The van der Waals surface area contributed by atoms with Crippen molar-refractivity contribution in [3.63, 3.8) is 0 Å². The summed E-state index contributed by atoms with van der Waals surface area (Å²) in [6.07, 6.45) is 0. The maximum Gasteiger partial charge on any atom is 0.260 e.